The van der Waals surface area contributed by atoms with Gasteiger partial charge in [0.1, 0.15) is 18.2 Å². The van der Waals surface area contributed by atoms with Crippen molar-refractivity contribution in [3.05, 3.63) is 53.9 Å². The van der Waals surface area contributed by atoms with Gasteiger partial charge in [-0.05, 0) is 37.3 Å². The minimum Gasteiger partial charge on any atom is -0.460 e. The second-order valence-electron chi connectivity index (χ2n) is 6.96. The summed E-state index contributed by atoms with van der Waals surface area (Å²) in [6.45, 7) is 7.39. The molecule has 0 spiro atoms. The Morgan fingerprint density at radius 2 is 2.23 bits per heavy atom. The monoisotopic (exact) mass is 357 g/mol. The van der Waals surface area contributed by atoms with Gasteiger partial charge < -0.3 is 19.9 Å². The van der Waals surface area contributed by atoms with Crippen LogP contribution in [-0.2, 0) is 0 Å². The van der Waals surface area contributed by atoms with Gasteiger partial charge in [0.25, 0.3) is 0 Å². The van der Waals surface area contributed by atoms with Crippen LogP contribution < -0.4 is 5.32 Å². The highest BCUT2D eigenvalue weighted by Gasteiger charge is 2.31. The molecule has 7 nitrogen and oxygen atoms in total. The first-order chi connectivity index (χ1) is 12.4. The van der Waals surface area contributed by atoms with Crippen LogP contribution in [0.1, 0.15) is 54.5 Å². The van der Waals surface area contributed by atoms with Crippen LogP contribution in [0.4, 0.5) is 5.82 Å². The molecule has 1 fully saturated rings. The topological polar surface area (TPSA) is 108 Å². The molecule has 0 aliphatic heterocycles. The first-order valence-electron chi connectivity index (χ1n) is 8.58. The first kappa shape index (κ1) is 18.3. The fourth-order valence-electron chi connectivity index (χ4n) is 3.18. The highest BCUT2D eigenvalue weighted by Crippen LogP contribution is 2.29. The number of furan rings is 1. The number of aliphatic hydroxyl groups excluding tert-OH is 2. The number of rotatable bonds is 6. The molecule has 0 saturated heterocycles. The van der Waals surface area contributed by atoms with Gasteiger partial charge in [-0.1, -0.05) is 13.5 Å². The number of anilines is 1. The van der Waals surface area contributed by atoms with E-state index >= 15 is 0 Å². The Morgan fingerprint density at radius 1 is 1.46 bits per heavy atom. The summed E-state index contributed by atoms with van der Waals surface area (Å²) in [6, 6.07) is 1.54. The van der Waals surface area contributed by atoms with E-state index in [9.17, 15) is 15.0 Å². The standard InChI is InChI=1S/C19H23N3O4/c1-10(2)17(24)12-5-16(26-8-12)18(25)14-7-20-9-21-19(14)22-13-4-11(3)15(23)6-13/h5,7-9,11,13,15,17,23-24H,1,4,6H2,2-3H3,(H,20,21,22)/t11-,13-,15+,17+/m1/s1. The molecule has 2 aromatic heterocycles. The third-order valence-corrected chi connectivity index (χ3v) is 4.76. The maximum atomic E-state index is 12.8. The normalized spacial score (nSPS) is 23.6. The fraction of sp³-hybridized carbons (Fsp3) is 0.421. The molecule has 7 heteroatoms. The van der Waals surface area contributed by atoms with E-state index in [2.05, 4.69) is 21.9 Å². The van der Waals surface area contributed by atoms with E-state index in [1.165, 1.54) is 24.9 Å². The largest absolute Gasteiger partial charge is 0.460 e. The molecule has 4 atom stereocenters. The van der Waals surface area contributed by atoms with Gasteiger partial charge in [0.2, 0.25) is 5.78 Å². The van der Waals surface area contributed by atoms with Crippen LogP contribution >= 0.6 is 0 Å². The van der Waals surface area contributed by atoms with Crippen LogP contribution in [0.25, 0.3) is 0 Å². The number of nitrogens with one attached hydrogen (secondary N) is 1. The van der Waals surface area contributed by atoms with Gasteiger partial charge in [-0.3, -0.25) is 4.79 Å². The summed E-state index contributed by atoms with van der Waals surface area (Å²) < 4.78 is 5.34. The Balaban J connectivity index is 1.81. The zero-order valence-corrected chi connectivity index (χ0v) is 14.8. The van der Waals surface area contributed by atoms with Crippen molar-refractivity contribution < 1.29 is 19.4 Å². The molecule has 3 N–H and O–H groups in total. The number of carbonyl (C=O) groups is 1. The van der Waals surface area contributed by atoms with Crippen molar-refractivity contribution in [2.24, 2.45) is 5.92 Å². The van der Waals surface area contributed by atoms with Gasteiger partial charge in [0.05, 0.1) is 17.9 Å². The van der Waals surface area contributed by atoms with Crippen LogP contribution in [0.15, 0.2) is 41.4 Å². The number of carbonyl (C=O) groups excluding carboxylic acids is 1. The second kappa shape index (κ2) is 7.39. The lowest BCUT2D eigenvalue weighted by molar-refractivity contribution is 0.101. The number of nitrogens with zero attached hydrogens (tertiary/aromatic N) is 2. The molecule has 0 bridgehead atoms. The molecule has 0 unspecified atom stereocenters. The predicted octanol–water partition coefficient (Wildman–Crippen LogP) is 2.48. The fourth-order valence-corrected chi connectivity index (χ4v) is 3.18. The lowest BCUT2D eigenvalue weighted by Gasteiger charge is -2.14. The number of ketones is 1. The van der Waals surface area contributed by atoms with Crippen LogP contribution in [-0.4, -0.2) is 38.1 Å². The number of aliphatic hydroxyl groups is 2. The van der Waals surface area contributed by atoms with Crippen LogP contribution in [0.3, 0.4) is 0 Å². The van der Waals surface area contributed by atoms with Gasteiger partial charge in [-0.2, -0.15) is 0 Å². The third-order valence-electron chi connectivity index (χ3n) is 4.76. The molecule has 2 heterocycles. The van der Waals surface area contributed by atoms with Gasteiger partial charge in [0.15, 0.2) is 5.76 Å². The Kier molecular flexibility index (Phi) is 5.20. The third kappa shape index (κ3) is 3.68. The molecular formula is C19H23N3O4. The molecule has 1 aliphatic rings. The van der Waals surface area contributed by atoms with E-state index in [0.29, 0.717) is 23.4 Å². The van der Waals surface area contributed by atoms with Crippen molar-refractivity contribution >= 4 is 11.6 Å². The molecule has 0 amide bonds. The molecule has 1 aliphatic carbocycles. The molecule has 0 aromatic carbocycles. The Bertz CT molecular complexity index is 807. The van der Waals surface area contributed by atoms with E-state index in [1.807, 2.05) is 6.92 Å². The maximum absolute atomic E-state index is 12.8. The van der Waals surface area contributed by atoms with Gasteiger partial charge in [-0.25, -0.2) is 9.97 Å². The Labute approximate surface area is 151 Å². The molecular weight excluding hydrogens is 334 g/mol. The quantitative estimate of drug-likeness (QED) is 0.538. The minimum atomic E-state index is -0.883. The van der Waals surface area contributed by atoms with Crippen molar-refractivity contribution in [2.75, 3.05) is 5.32 Å². The van der Waals surface area contributed by atoms with E-state index in [1.54, 1.807) is 6.92 Å². The Hall–Kier alpha value is -2.51. The highest BCUT2D eigenvalue weighted by molar-refractivity contribution is 6.10. The highest BCUT2D eigenvalue weighted by atomic mass is 16.3. The van der Waals surface area contributed by atoms with Crippen LogP contribution in [0, 0.1) is 5.92 Å². The van der Waals surface area contributed by atoms with Crippen molar-refractivity contribution in [3.63, 3.8) is 0 Å². The number of hydrogen-bond acceptors (Lipinski definition) is 7. The average Bonchev–Trinajstić information content (AvgIpc) is 3.21. The molecule has 3 rings (SSSR count). The lowest BCUT2D eigenvalue weighted by atomic mass is 10.1. The Morgan fingerprint density at radius 3 is 2.88 bits per heavy atom. The second-order valence-corrected chi connectivity index (χ2v) is 6.96. The lowest BCUT2D eigenvalue weighted by Crippen LogP contribution is -2.20. The zero-order valence-electron chi connectivity index (χ0n) is 14.8. The van der Waals surface area contributed by atoms with Crippen molar-refractivity contribution in [1.82, 2.24) is 9.97 Å². The van der Waals surface area contributed by atoms with Crippen molar-refractivity contribution in [3.8, 4) is 0 Å². The maximum Gasteiger partial charge on any atom is 0.233 e. The van der Waals surface area contributed by atoms with Crippen molar-refractivity contribution in [1.29, 1.82) is 0 Å². The van der Waals surface area contributed by atoms with Crippen LogP contribution in [0.5, 0.6) is 0 Å². The van der Waals surface area contributed by atoms with E-state index in [4.69, 9.17) is 4.42 Å². The van der Waals surface area contributed by atoms with E-state index in [-0.39, 0.29) is 35.2 Å². The SMILES string of the molecule is C=C(C)[C@H](O)c1coc(C(=O)c2cncnc2N[C@@H]2C[C@@H](C)[C@@H](O)C2)c1. The minimum absolute atomic E-state index is 0.0406. The summed E-state index contributed by atoms with van der Waals surface area (Å²) >= 11 is 0. The number of hydrogen-bond donors (Lipinski definition) is 3. The van der Waals surface area contributed by atoms with E-state index < -0.39 is 6.10 Å². The summed E-state index contributed by atoms with van der Waals surface area (Å²) in [5, 5.41) is 23.2. The molecule has 0 radical (unpaired) electrons. The van der Waals surface area contributed by atoms with Crippen molar-refractivity contribution in [2.45, 2.75) is 44.9 Å². The van der Waals surface area contributed by atoms with Crippen LogP contribution in [0.2, 0.25) is 0 Å². The summed E-state index contributed by atoms with van der Waals surface area (Å²) in [7, 11) is 0. The van der Waals surface area contributed by atoms with Gasteiger partial charge in [-0.15, -0.1) is 0 Å². The molecule has 1 saturated carbocycles. The molecule has 26 heavy (non-hydrogen) atoms. The average molecular weight is 357 g/mol. The number of aromatic nitrogens is 2. The summed E-state index contributed by atoms with van der Waals surface area (Å²) in [5.74, 6) is 0.331. The molecule has 138 valence electrons. The van der Waals surface area contributed by atoms with E-state index in [0.717, 1.165) is 6.42 Å². The van der Waals surface area contributed by atoms with Gasteiger partial charge >= 0.3 is 0 Å². The summed E-state index contributed by atoms with van der Waals surface area (Å²) in [6.07, 6.45) is 4.31. The summed E-state index contributed by atoms with van der Waals surface area (Å²) in [4.78, 5) is 20.9. The molecule has 2 aromatic rings. The van der Waals surface area contributed by atoms with Gasteiger partial charge in [0, 0.05) is 17.8 Å². The smallest absolute Gasteiger partial charge is 0.233 e. The zero-order chi connectivity index (χ0) is 18.8. The first-order valence-corrected chi connectivity index (χ1v) is 8.58. The predicted molar refractivity (Wildman–Crippen MR) is 95.8 cm³/mol. The summed E-state index contributed by atoms with van der Waals surface area (Å²) in [5.41, 5.74) is 1.32.